The fourth-order valence-electron chi connectivity index (χ4n) is 2.98. The van der Waals surface area contributed by atoms with Gasteiger partial charge in [0.05, 0.1) is 28.8 Å². The van der Waals surface area contributed by atoms with Gasteiger partial charge in [0, 0.05) is 0 Å². The van der Waals surface area contributed by atoms with Gasteiger partial charge in [0.15, 0.2) is 16.5 Å². The topological polar surface area (TPSA) is 52.8 Å². The van der Waals surface area contributed by atoms with Gasteiger partial charge in [-0.15, -0.1) is 0 Å². The predicted octanol–water partition coefficient (Wildman–Crippen LogP) is 3.64. The number of fused-ring (bicyclic) bond motifs is 3. The molecule has 2 aromatic heterocycles. The van der Waals surface area contributed by atoms with Crippen LogP contribution >= 0.6 is 11.3 Å². The molecule has 0 aliphatic heterocycles. The molecule has 0 spiro atoms. The van der Waals surface area contributed by atoms with Crippen LogP contribution in [0.5, 0.6) is 11.5 Å². The largest absolute Gasteiger partial charge is 0.490 e. The van der Waals surface area contributed by atoms with Gasteiger partial charge in [0.25, 0.3) is 5.56 Å². The highest BCUT2D eigenvalue weighted by Crippen LogP contribution is 2.29. The zero-order valence-electron chi connectivity index (χ0n) is 15.3. The SMILES string of the molecule is CCCOc1ccc(C=c2sc3nc4ccccc4n3c2=O)cc1OCC. The molecular formula is C21H20N2O3S. The Morgan fingerprint density at radius 3 is 2.78 bits per heavy atom. The number of hydrogen-bond acceptors (Lipinski definition) is 5. The third-order valence-electron chi connectivity index (χ3n) is 4.17. The molecule has 5 nitrogen and oxygen atoms in total. The first kappa shape index (κ1) is 17.5. The molecule has 0 aliphatic carbocycles. The molecule has 2 heterocycles. The Kier molecular flexibility index (Phi) is 4.81. The second-order valence-electron chi connectivity index (χ2n) is 6.12. The molecule has 0 radical (unpaired) electrons. The number of rotatable bonds is 6. The van der Waals surface area contributed by atoms with E-state index in [0.29, 0.717) is 28.5 Å². The zero-order valence-corrected chi connectivity index (χ0v) is 16.1. The number of ether oxygens (including phenoxy) is 2. The molecule has 0 N–H and O–H groups in total. The average Bonchev–Trinajstić information content (AvgIpc) is 3.18. The van der Waals surface area contributed by atoms with E-state index in [0.717, 1.165) is 28.8 Å². The maximum Gasteiger partial charge on any atom is 0.274 e. The number of hydrogen-bond donors (Lipinski definition) is 0. The smallest absolute Gasteiger partial charge is 0.274 e. The van der Waals surface area contributed by atoms with Crippen molar-refractivity contribution in [1.29, 1.82) is 0 Å². The minimum atomic E-state index is -0.0482. The van der Waals surface area contributed by atoms with Gasteiger partial charge in [-0.1, -0.05) is 36.5 Å². The summed E-state index contributed by atoms with van der Waals surface area (Å²) < 4.78 is 13.8. The highest BCUT2D eigenvalue weighted by atomic mass is 32.1. The first-order chi connectivity index (χ1) is 13.2. The highest BCUT2D eigenvalue weighted by molar-refractivity contribution is 7.15. The third kappa shape index (κ3) is 3.28. The number of aromatic nitrogens is 2. The van der Waals surface area contributed by atoms with Crippen molar-refractivity contribution < 1.29 is 9.47 Å². The van der Waals surface area contributed by atoms with Crippen LogP contribution in [-0.4, -0.2) is 22.6 Å². The quantitative estimate of drug-likeness (QED) is 0.512. The van der Waals surface area contributed by atoms with Crippen LogP contribution in [0.1, 0.15) is 25.8 Å². The summed E-state index contributed by atoms with van der Waals surface area (Å²) in [6, 6.07) is 13.4. The summed E-state index contributed by atoms with van der Waals surface area (Å²) in [5.74, 6) is 1.42. The lowest BCUT2D eigenvalue weighted by Crippen LogP contribution is -2.22. The molecule has 0 unspecified atom stereocenters. The maximum atomic E-state index is 12.9. The number of benzene rings is 2. The molecular weight excluding hydrogens is 360 g/mol. The van der Waals surface area contributed by atoms with Crippen molar-refractivity contribution in [2.24, 2.45) is 0 Å². The molecule has 4 aromatic rings. The first-order valence-corrected chi connectivity index (χ1v) is 9.84. The molecule has 0 aliphatic rings. The summed E-state index contributed by atoms with van der Waals surface area (Å²) in [5, 5.41) is 0. The minimum absolute atomic E-state index is 0.0482. The van der Waals surface area contributed by atoms with Crippen LogP contribution in [0, 0.1) is 0 Å². The van der Waals surface area contributed by atoms with Gasteiger partial charge in [-0.3, -0.25) is 4.79 Å². The van der Waals surface area contributed by atoms with Crippen molar-refractivity contribution >= 4 is 33.4 Å². The Balaban J connectivity index is 1.80. The Morgan fingerprint density at radius 2 is 1.96 bits per heavy atom. The molecule has 0 saturated heterocycles. The molecule has 138 valence electrons. The summed E-state index contributed by atoms with van der Waals surface area (Å²) in [6.07, 6.45) is 2.81. The van der Waals surface area contributed by atoms with Crippen LogP contribution in [0.25, 0.3) is 22.1 Å². The van der Waals surface area contributed by atoms with Crippen molar-refractivity contribution in [1.82, 2.24) is 9.38 Å². The van der Waals surface area contributed by atoms with Crippen molar-refractivity contribution in [3.63, 3.8) is 0 Å². The van der Waals surface area contributed by atoms with Crippen molar-refractivity contribution in [3.8, 4) is 11.5 Å². The summed E-state index contributed by atoms with van der Waals surface area (Å²) in [5.41, 5.74) is 2.52. The Hall–Kier alpha value is -2.86. The van der Waals surface area contributed by atoms with E-state index in [4.69, 9.17) is 9.47 Å². The van der Waals surface area contributed by atoms with Gasteiger partial charge >= 0.3 is 0 Å². The first-order valence-electron chi connectivity index (χ1n) is 9.02. The van der Waals surface area contributed by atoms with E-state index in [2.05, 4.69) is 11.9 Å². The Morgan fingerprint density at radius 1 is 1.11 bits per heavy atom. The second kappa shape index (κ2) is 7.40. The fourth-order valence-corrected chi connectivity index (χ4v) is 3.96. The van der Waals surface area contributed by atoms with Gasteiger partial charge in [-0.2, -0.15) is 0 Å². The van der Waals surface area contributed by atoms with Crippen LogP contribution in [0.4, 0.5) is 0 Å². The van der Waals surface area contributed by atoms with E-state index in [1.165, 1.54) is 11.3 Å². The van der Waals surface area contributed by atoms with Crippen molar-refractivity contribution in [2.45, 2.75) is 20.3 Å². The molecule has 4 rings (SSSR count). The second-order valence-corrected chi connectivity index (χ2v) is 7.13. The minimum Gasteiger partial charge on any atom is -0.490 e. The lowest BCUT2D eigenvalue weighted by atomic mass is 10.2. The molecule has 2 aromatic carbocycles. The van der Waals surface area contributed by atoms with Crippen LogP contribution in [-0.2, 0) is 0 Å². The van der Waals surface area contributed by atoms with E-state index in [1.54, 1.807) is 4.40 Å². The molecule has 0 saturated carbocycles. The van der Waals surface area contributed by atoms with Crippen molar-refractivity contribution in [3.05, 3.63) is 62.9 Å². The number of para-hydroxylation sites is 2. The molecule has 0 bridgehead atoms. The van der Waals surface area contributed by atoms with E-state index < -0.39 is 0 Å². The van der Waals surface area contributed by atoms with Crippen LogP contribution < -0.4 is 19.6 Å². The summed E-state index contributed by atoms with van der Waals surface area (Å²) in [7, 11) is 0. The van der Waals surface area contributed by atoms with Gasteiger partial charge in [0.2, 0.25) is 0 Å². The summed E-state index contributed by atoms with van der Waals surface area (Å²) in [6.45, 7) is 5.20. The monoisotopic (exact) mass is 380 g/mol. The number of thiazole rings is 1. The zero-order chi connectivity index (χ0) is 18.8. The van der Waals surface area contributed by atoms with Gasteiger partial charge in [-0.05, 0) is 49.2 Å². The van der Waals surface area contributed by atoms with E-state index in [-0.39, 0.29) is 5.56 Å². The van der Waals surface area contributed by atoms with E-state index in [1.807, 2.05) is 55.5 Å². The highest BCUT2D eigenvalue weighted by Gasteiger charge is 2.11. The molecule has 27 heavy (non-hydrogen) atoms. The average molecular weight is 380 g/mol. The van der Waals surface area contributed by atoms with Crippen LogP contribution in [0.15, 0.2) is 47.3 Å². The van der Waals surface area contributed by atoms with Crippen LogP contribution in [0.2, 0.25) is 0 Å². The third-order valence-corrected chi connectivity index (χ3v) is 5.14. The van der Waals surface area contributed by atoms with E-state index in [9.17, 15) is 4.79 Å². The van der Waals surface area contributed by atoms with Gasteiger partial charge < -0.3 is 9.47 Å². The number of imidazole rings is 1. The summed E-state index contributed by atoms with van der Waals surface area (Å²) in [4.78, 5) is 18.1. The normalized spacial score (nSPS) is 12.1. The fraction of sp³-hybridized carbons (Fsp3) is 0.238. The lowest BCUT2D eigenvalue weighted by Gasteiger charge is -2.11. The van der Waals surface area contributed by atoms with E-state index >= 15 is 0 Å². The Bertz CT molecular complexity index is 1210. The molecule has 6 heteroatoms. The Labute approximate surface area is 160 Å². The molecule has 0 amide bonds. The van der Waals surface area contributed by atoms with Crippen molar-refractivity contribution in [2.75, 3.05) is 13.2 Å². The summed E-state index contributed by atoms with van der Waals surface area (Å²) >= 11 is 1.39. The van der Waals surface area contributed by atoms with Gasteiger partial charge in [-0.25, -0.2) is 9.38 Å². The van der Waals surface area contributed by atoms with Crippen LogP contribution in [0.3, 0.4) is 0 Å². The van der Waals surface area contributed by atoms with Gasteiger partial charge in [0.1, 0.15) is 0 Å². The maximum absolute atomic E-state index is 12.9. The molecule has 0 atom stereocenters. The standard InChI is InChI=1S/C21H20N2O3S/c1-3-11-26-17-10-9-14(12-18(17)25-4-2)13-19-20(24)23-16-8-6-5-7-15(16)22-21(23)27-19/h5-10,12-13H,3-4,11H2,1-2H3. The lowest BCUT2D eigenvalue weighted by molar-refractivity contribution is 0.277. The predicted molar refractivity (Wildman–Crippen MR) is 109 cm³/mol. The molecule has 0 fully saturated rings. The number of nitrogens with zero attached hydrogens (tertiary/aromatic N) is 2.